The van der Waals surface area contributed by atoms with Gasteiger partial charge in [-0.25, -0.2) is 0 Å². The number of hydrogen-bond acceptors (Lipinski definition) is 4. The topological polar surface area (TPSA) is 86.7 Å². The van der Waals surface area contributed by atoms with Crippen molar-refractivity contribution in [3.8, 4) is 0 Å². The lowest BCUT2D eigenvalue weighted by molar-refractivity contribution is -0.136. The van der Waals surface area contributed by atoms with E-state index in [2.05, 4.69) is 5.32 Å². The Hall–Kier alpha value is -2.21. The largest absolute Gasteiger partial charge is 0.392 e. The maximum absolute atomic E-state index is 12.8. The number of carbonyl (C=O) groups excluding carboxylic acids is 3. The minimum atomic E-state index is -0.586. The second-order valence-corrected chi connectivity index (χ2v) is 6.54. The molecule has 0 radical (unpaired) electrons. The molecule has 2 aliphatic heterocycles. The Morgan fingerprint density at radius 3 is 2.61 bits per heavy atom. The van der Waals surface area contributed by atoms with Crippen molar-refractivity contribution in [2.75, 3.05) is 0 Å². The van der Waals surface area contributed by atoms with Gasteiger partial charge in [0, 0.05) is 18.5 Å². The van der Waals surface area contributed by atoms with Gasteiger partial charge in [0.05, 0.1) is 6.61 Å². The van der Waals surface area contributed by atoms with Crippen LogP contribution in [0.2, 0.25) is 0 Å². The van der Waals surface area contributed by atoms with Gasteiger partial charge in [0.15, 0.2) is 0 Å². The number of aliphatic hydroxyl groups excluding tert-OH is 1. The SMILES string of the molecule is O=C1CCC(N2Cc3c(cc(CO)cc3C3CC3)C2=O)C(=O)N1. The molecule has 1 unspecified atom stereocenters. The quantitative estimate of drug-likeness (QED) is 0.809. The smallest absolute Gasteiger partial charge is 0.255 e. The van der Waals surface area contributed by atoms with E-state index < -0.39 is 11.9 Å². The van der Waals surface area contributed by atoms with E-state index in [0.717, 1.165) is 29.5 Å². The number of benzene rings is 1. The number of hydrogen-bond donors (Lipinski definition) is 2. The van der Waals surface area contributed by atoms with Crippen LogP contribution in [0.5, 0.6) is 0 Å². The maximum Gasteiger partial charge on any atom is 0.255 e. The first-order valence-corrected chi connectivity index (χ1v) is 7.99. The third-order valence-electron chi connectivity index (χ3n) is 4.95. The Labute approximate surface area is 133 Å². The monoisotopic (exact) mass is 314 g/mol. The summed E-state index contributed by atoms with van der Waals surface area (Å²) in [4.78, 5) is 37.7. The zero-order valence-corrected chi connectivity index (χ0v) is 12.7. The van der Waals surface area contributed by atoms with Gasteiger partial charge < -0.3 is 10.0 Å². The van der Waals surface area contributed by atoms with Crippen LogP contribution in [-0.2, 0) is 22.7 Å². The molecule has 2 fully saturated rings. The van der Waals surface area contributed by atoms with E-state index in [1.807, 2.05) is 6.07 Å². The minimum absolute atomic E-state index is 0.0985. The van der Waals surface area contributed by atoms with Crippen molar-refractivity contribution in [2.45, 2.75) is 50.8 Å². The molecule has 1 atom stereocenters. The van der Waals surface area contributed by atoms with Gasteiger partial charge in [-0.05, 0) is 47.9 Å². The number of imide groups is 1. The maximum atomic E-state index is 12.8. The molecule has 0 bridgehead atoms. The number of fused-ring (bicyclic) bond motifs is 1. The summed E-state index contributed by atoms with van der Waals surface area (Å²) in [6.45, 7) is 0.316. The molecule has 0 spiro atoms. The van der Waals surface area contributed by atoms with Crippen LogP contribution in [0, 0.1) is 0 Å². The molecule has 1 saturated heterocycles. The molecule has 3 aliphatic rings. The summed E-state index contributed by atoms with van der Waals surface area (Å²) in [6, 6.07) is 3.13. The second kappa shape index (κ2) is 5.16. The van der Waals surface area contributed by atoms with E-state index in [4.69, 9.17) is 0 Å². The third-order valence-corrected chi connectivity index (χ3v) is 4.95. The van der Waals surface area contributed by atoms with E-state index in [0.29, 0.717) is 24.4 Å². The van der Waals surface area contributed by atoms with Crippen molar-refractivity contribution >= 4 is 17.7 Å². The molecule has 120 valence electrons. The highest BCUT2D eigenvalue weighted by molar-refractivity contribution is 6.05. The first-order chi connectivity index (χ1) is 11.1. The Kier molecular flexibility index (Phi) is 3.23. The molecule has 1 aliphatic carbocycles. The van der Waals surface area contributed by atoms with Crippen LogP contribution in [0.4, 0.5) is 0 Å². The van der Waals surface area contributed by atoms with Crippen molar-refractivity contribution in [3.05, 3.63) is 34.4 Å². The first kappa shape index (κ1) is 14.4. The highest BCUT2D eigenvalue weighted by Crippen LogP contribution is 2.45. The van der Waals surface area contributed by atoms with Gasteiger partial charge in [-0.1, -0.05) is 6.07 Å². The number of nitrogens with one attached hydrogen (secondary N) is 1. The molecule has 2 N–H and O–H groups in total. The number of nitrogens with zero attached hydrogens (tertiary/aromatic N) is 1. The van der Waals surface area contributed by atoms with E-state index >= 15 is 0 Å². The Bertz CT molecular complexity index is 724. The molecule has 0 aromatic heterocycles. The van der Waals surface area contributed by atoms with Gasteiger partial charge in [0.2, 0.25) is 11.8 Å². The van der Waals surface area contributed by atoms with Crippen LogP contribution >= 0.6 is 0 Å². The van der Waals surface area contributed by atoms with E-state index in [1.165, 1.54) is 0 Å². The Morgan fingerprint density at radius 1 is 1.17 bits per heavy atom. The standard InChI is InChI=1S/C17H18N2O4/c20-8-9-5-11(10-1-2-10)13-7-19(17(23)12(13)6-9)14-3-4-15(21)18-16(14)22/h5-6,10,14,20H,1-4,7-8H2,(H,18,21,22). The van der Waals surface area contributed by atoms with E-state index in [1.54, 1.807) is 11.0 Å². The lowest BCUT2D eigenvalue weighted by Gasteiger charge is -2.29. The number of piperidine rings is 1. The molecular weight excluding hydrogens is 296 g/mol. The fourth-order valence-corrected chi connectivity index (χ4v) is 3.60. The summed E-state index contributed by atoms with van der Waals surface area (Å²) in [6.07, 6.45) is 2.84. The number of aliphatic hydroxyl groups is 1. The third kappa shape index (κ3) is 2.34. The zero-order valence-electron chi connectivity index (χ0n) is 12.7. The van der Waals surface area contributed by atoms with Crippen molar-refractivity contribution in [1.29, 1.82) is 0 Å². The fourth-order valence-electron chi connectivity index (χ4n) is 3.60. The molecule has 6 nitrogen and oxygen atoms in total. The predicted molar refractivity (Wildman–Crippen MR) is 80.4 cm³/mol. The van der Waals surface area contributed by atoms with Crippen LogP contribution in [0.25, 0.3) is 0 Å². The van der Waals surface area contributed by atoms with Gasteiger partial charge in [-0.2, -0.15) is 0 Å². The molecule has 1 aromatic rings. The molecule has 23 heavy (non-hydrogen) atoms. The number of rotatable bonds is 3. The molecule has 1 aromatic carbocycles. The van der Waals surface area contributed by atoms with Gasteiger partial charge in [-0.15, -0.1) is 0 Å². The summed E-state index contributed by atoms with van der Waals surface area (Å²) >= 11 is 0. The second-order valence-electron chi connectivity index (χ2n) is 6.54. The molecule has 4 rings (SSSR count). The lowest BCUT2D eigenvalue weighted by atomic mass is 9.96. The van der Waals surface area contributed by atoms with Crippen LogP contribution < -0.4 is 5.32 Å². The van der Waals surface area contributed by atoms with Crippen LogP contribution in [-0.4, -0.2) is 33.8 Å². The predicted octanol–water partition coefficient (Wildman–Crippen LogP) is 0.817. The van der Waals surface area contributed by atoms with E-state index in [-0.39, 0.29) is 24.8 Å². The molecule has 6 heteroatoms. The average Bonchev–Trinajstić information content (AvgIpc) is 3.32. The zero-order chi connectivity index (χ0) is 16.1. The molecule has 2 heterocycles. The van der Waals surface area contributed by atoms with E-state index in [9.17, 15) is 19.5 Å². The average molecular weight is 314 g/mol. The molecular formula is C17H18N2O4. The van der Waals surface area contributed by atoms with Crippen molar-refractivity contribution in [1.82, 2.24) is 10.2 Å². The summed E-state index contributed by atoms with van der Waals surface area (Å²) < 4.78 is 0. The molecule has 1 saturated carbocycles. The van der Waals surface area contributed by atoms with Crippen LogP contribution in [0.1, 0.15) is 58.6 Å². The summed E-state index contributed by atoms with van der Waals surface area (Å²) in [7, 11) is 0. The lowest BCUT2D eigenvalue weighted by Crippen LogP contribution is -2.52. The summed E-state index contributed by atoms with van der Waals surface area (Å²) in [5.74, 6) is -0.383. The van der Waals surface area contributed by atoms with Gasteiger partial charge in [0.1, 0.15) is 6.04 Å². The van der Waals surface area contributed by atoms with Crippen LogP contribution in [0.15, 0.2) is 12.1 Å². The highest BCUT2D eigenvalue weighted by atomic mass is 16.3. The van der Waals surface area contributed by atoms with Crippen molar-refractivity contribution in [2.24, 2.45) is 0 Å². The first-order valence-electron chi connectivity index (χ1n) is 7.99. The molecule has 3 amide bonds. The number of amides is 3. The van der Waals surface area contributed by atoms with Crippen LogP contribution in [0.3, 0.4) is 0 Å². The summed E-state index contributed by atoms with van der Waals surface area (Å²) in [5, 5.41) is 11.8. The van der Waals surface area contributed by atoms with Gasteiger partial charge >= 0.3 is 0 Å². The fraction of sp³-hybridized carbons (Fsp3) is 0.471. The minimum Gasteiger partial charge on any atom is -0.392 e. The van der Waals surface area contributed by atoms with Gasteiger partial charge in [-0.3, -0.25) is 19.7 Å². The van der Waals surface area contributed by atoms with Crippen molar-refractivity contribution < 1.29 is 19.5 Å². The van der Waals surface area contributed by atoms with Crippen molar-refractivity contribution in [3.63, 3.8) is 0 Å². The number of carbonyl (C=O) groups is 3. The normalized spacial score (nSPS) is 24.0. The summed E-state index contributed by atoms with van der Waals surface area (Å²) in [5.41, 5.74) is 3.46. The highest BCUT2D eigenvalue weighted by Gasteiger charge is 2.41. The Balaban J connectivity index is 1.69. The van der Waals surface area contributed by atoms with Gasteiger partial charge in [0.25, 0.3) is 5.91 Å². The Morgan fingerprint density at radius 2 is 1.96 bits per heavy atom.